The zero-order valence-electron chi connectivity index (χ0n) is 11.9. The second-order valence-electron chi connectivity index (χ2n) is 5.39. The number of aryl methyl sites for hydroxylation is 2. The summed E-state index contributed by atoms with van der Waals surface area (Å²) in [6.45, 7) is 1.79. The average Bonchev–Trinajstić information content (AvgIpc) is 2.83. The fraction of sp³-hybridized carbons (Fsp3) is 0.600. The highest BCUT2D eigenvalue weighted by molar-refractivity contribution is 9.10. The molecule has 0 aliphatic carbocycles. The van der Waals surface area contributed by atoms with Crippen LogP contribution in [0, 0.1) is 0 Å². The summed E-state index contributed by atoms with van der Waals surface area (Å²) in [4.78, 5) is 9.19. The minimum absolute atomic E-state index is 0.371. The number of alkyl halides is 1. The minimum atomic E-state index is 0.371. The normalized spacial score (nSPS) is 19.2. The van der Waals surface area contributed by atoms with Gasteiger partial charge < -0.3 is 9.30 Å². The second-order valence-corrected chi connectivity index (χ2v) is 6.69. The van der Waals surface area contributed by atoms with E-state index in [0.717, 1.165) is 53.9 Å². The number of nitrogens with zero attached hydrogens (tertiary/aromatic N) is 3. The third-order valence-corrected chi connectivity index (χ3v) is 4.52. The van der Waals surface area contributed by atoms with Crippen molar-refractivity contribution in [3.8, 4) is 0 Å². The average molecular weight is 373 g/mol. The molecule has 6 heteroatoms. The van der Waals surface area contributed by atoms with E-state index < -0.39 is 0 Å². The molecule has 1 aliphatic heterocycles. The number of hydrogen-bond acceptors (Lipinski definition) is 3. The van der Waals surface area contributed by atoms with Crippen LogP contribution in [0.3, 0.4) is 0 Å². The van der Waals surface area contributed by atoms with Crippen LogP contribution < -0.4 is 0 Å². The number of hydrogen-bond donors (Lipinski definition) is 0. The van der Waals surface area contributed by atoms with Crippen LogP contribution in [0.1, 0.15) is 31.5 Å². The van der Waals surface area contributed by atoms with Gasteiger partial charge in [0.25, 0.3) is 0 Å². The van der Waals surface area contributed by atoms with E-state index in [1.807, 2.05) is 12.3 Å². The summed E-state index contributed by atoms with van der Waals surface area (Å²) in [7, 11) is 0. The molecular weight excluding hydrogens is 354 g/mol. The first-order valence-corrected chi connectivity index (χ1v) is 8.79. The largest absolute Gasteiger partial charge is 0.378 e. The number of aromatic nitrogens is 3. The minimum Gasteiger partial charge on any atom is -0.378 e. The van der Waals surface area contributed by atoms with E-state index in [-0.39, 0.29) is 0 Å². The van der Waals surface area contributed by atoms with Crippen molar-refractivity contribution >= 4 is 38.7 Å². The summed E-state index contributed by atoms with van der Waals surface area (Å²) < 4.78 is 8.97. The van der Waals surface area contributed by atoms with Crippen LogP contribution in [-0.4, -0.2) is 33.1 Å². The topological polar surface area (TPSA) is 39.9 Å². The summed E-state index contributed by atoms with van der Waals surface area (Å²) in [5, 5.41) is 0. The molecule has 0 spiro atoms. The van der Waals surface area contributed by atoms with Gasteiger partial charge in [-0.3, -0.25) is 0 Å². The van der Waals surface area contributed by atoms with Crippen LogP contribution in [0.4, 0.5) is 0 Å². The summed E-state index contributed by atoms with van der Waals surface area (Å²) in [6, 6.07) is 2.01. The lowest BCUT2D eigenvalue weighted by Gasteiger charge is -2.23. The quantitative estimate of drug-likeness (QED) is 0.747. The van der Waals surface area contributed by atoms with E-state index >= 15 is 0 Å². The van der Waals surface area contributed by atoms with E-state index in [1.54, 1.807) is 0 Å². The van der Waals surface area contributed by atoms with E-state index in [0.29, 0.717) is 12.0 Å². The van der Waals surface area contributed by atoms with Gasteiger partial charge in [0.05, 0.1) is 6.10 Å². The molecule has 0 saturated carbocycles. The highest BCUT2D eigenvalue weighted by Gasteiger charge is 2.17. The molecule has 1 unspecified atom stereocenters. The van der Waals surface area contributed by atoms with Crippen molar-refractivity contribution in [1.29, 1.82) is 0 Å². The maximum atomic E-state index is 5.91. The summed E-state index contributed by atoms with van der Waals surface area (Å²) in [6.07, 6.45) is 7.60. The molecule has 114 valence electrons. The van der Waals surface area contributed by atoms with Crippen LogP contribution >= 0.6 is 27.5 Å². The van der Waals surface area contributed by atoms with Crippen molar-refractivity contribution in [3.63, 3.8) is 0 Å². The van der Waals surface area contributed by atoms with Gasteiger partial charge in [0.2, 0.25) is 0 Å². The number of ether oxygens (including phenoxy) is 1. The molecule has 1 fully saturated rings. The van der Waals surface area contributed by atoms with Gasteiger partial charge in [0, 0.05) is 36.1 Å². The van der Waals surface area contributed by atoms with E-state index in [1.165, 1.54) is 12.8 Å². The second kappa shape index (κ2) is 7.07. The van der Waals surface area contributed by atoms with Crippen molar-refractivity contribution in [2.24, 2.45) is 0 Å². The fourth-order valence-electron chi connectivity index (χ4n) is 2.85. The Morgan fingerprint density at radius 2 is 2.33 bits per heavy atom. The standard InChI is InChI=1S/C15H19BrClN3O/c16-11-9-13-15(18-10-11)20(14(19-13)4-6-17)7-5-12-3-1-2-8-21-12/h9-10,12H,1-8H2. The summed E-state index contributed by atoms with van der Waals surface area (Å²) in [5.74, 6) is 1.59. The van der Waals surface area contributed by atoms with Crippen LogP contribution in [0.15, 0.2) is 16.7 Å². The Labute approximate surface area is 138 Å². The Bertz CT molecular complexity index is 610. The first-order valence-electron chi connectivity index (χ1n) is 7.46. The van der Waals surface area contributed by atoms with E-state index in [4.69, 9.17) is 16.3 Å². The molecule has 0 radical (unpaired) electrons. The maximum Gasteiger partial charge on any atom is 0.160 e. The number of imidazole rings is 1. The van der Waals surface area contributed by atoms with E-state index in [2.05, 4.69) is 30.5 Å². The fourth-order valence-corrected chi connectivity index (χ4v) is 3.34. The van der Waals surface area contributed by atoms with Gasteiger partial charge in [-0.1, -0.05) is 0 Å². The lowest BCUT2D eigenvalue weighted by Crippen LogP contribution is -2.21. The molecule has 1 aliphatic rings. The van der Waals surface area contributed by atoms with Gasteiger partial charge in [-0.25, -0.2) is 9.97 Å². The van der Waals surface area contributed by atoms with Gasteiger partial charge in [0.1, 0.15) is 11.3 Å². The predicted octanol–water partition coefficient (Wildman–Crippen LogP) is 3.93. The van der Waals surface area contributed by atoms with Crippen LogP contribution in [0.5, 0.6) is 0 Å². The molecule has 3 rings (SSSR count). The number of fused-ring (bicyclic) bond motifs is 1. The molecule has 4 nitrogen and oxygen atoms in total. The highest BCUT2D eigenvalue weighted by atomic mass is 79.9. The Hall–Kier alpha value is -0.650. The zero-order chi connectivity index (χ0) is 14.7. The van der Waals surface area contributed by atoms with Gasteiger partial charge in [0.15, 0.2) is 5.65 Å². The number of rotatable bonds is 5. The maximum absolute atomic E-state index is 5.91. The van der Waals surface area contributed by atoms with Crippen molar-refractivity contribution in [3.05, 3.63) is 22.6 Å². The summed E-state index contributed by atoms with van der Waals surface area (Å²) in [5.41, 5.74) is 1.86. The first-order chi connectivity index (χ1) is 10.3. The van der Waals surface area contributed by atoms with Gasteiger partial charge in [-0.05, 0) is 47.7 Å². The monoisotopic (exact) mass is 371 g/mol. The molecule has 0 aromatic carbocycles. The lowest BCUT2D eigenvalue weighted by molar-refractivity contribution is 0.00885. The molecule has 2 aromatic heterocycles. The van der Waals surface area contributed by atoms with Crippen molar-refractivity contribution in [2.45, 2.75) is 44.8 Å². The molecule has 1 saturated heterocycles. The van der Waals surface area contributed by atoms with Crippen LogP contribution in [0.25, 0.3) is 11.2 Å². The molecule has 2 aromatic rings. The van der Waals surface area contributed by atoms with Crippen molar-refractivity contribution in [2.75, 3.05) is 12.5 Å². The number of halogens is 2. The Morgan fingerprint density at radius 3 is 3.10 bits per heavy atom. The van der Waals surface area contributed by atoms with Crippen LogP contribution in [-0.2, 0) is 17.7 Å². The smallest absolute Gasteiger partial charge is 0.160 e. The third kappa shape index (κ3) is 3.58. The molecule has 0 N–H and O–H groups in total. The summed E-state index contributed by atoms with van der Waals surface area (Å²) >= 11 is 9.36. The Balaban J connectivity index is 1.82. The number of pyridine rings is 1. The third-order valence-electron chi connectivity index (χ3n) is 3.90. The molecule has 1 atom stereocenters. The highest BCUT2D eigenvalue weighted by Crippen LogP contribution is 2.22. The molecule has 3 heterocycles. The lowest BCUT2D eigenvalue weighted by atomic mass is 10.1. The first kappa shape index (κ1) is 15.3. The Kier molecular flexibility index (Phi) is 5.14. The van der Waals surface area contributed by atoms with Gasteiger partial charge >= 0.3 is 0 Å². The predicted molar refractivity (Wildman–Crippen MR) is 87.9 cm³/mol. The SMILES string of the molecule is ClCCc1nc2cc(Br)cnc2n1CCC1CCCCO1. The van der Waals surface area contributed by atoms with Gasteiger partial charge in [-0.15, -0.1) is 11.6 Å². The van der Waals surface area contributed by atoms with Crippen molar-refractivity contribution in [1.82, 2.24) is 14.5 Å². The molecule has 0 amide bonds. The van der Waals surface area contributed by atoms with Crippen LogP contribution in [0.2, 0.25) is 0 Å². The van der Waals surface area contributed by atoms with E-state index in [9.17, 15) is 0 Å². The van der Waals surface area contributed by atoms with Gasteiger partial charge in [-0.2, -0.15) is 0 Å². The molecule has 0 bridgehead atoms. The molecular formula is C15H19BrClN3O. The van der Waals surface area contributed by atoms with Crippen molar-refractivity contribution < 1.29 is 4.74 Å². The Morgan fingerprint density at radius 1 is 1.43 bits per heavy atom. The zero-order valence-corrected chi connectivity index (χ0v) is 14.2. The molecule has 21 heavy (non-hydrogen) atoms.